The van der Waals surface area contributed by atoms with Crippen LogP contribution >= 0.6 is 11.3 Å². The first kappa shape index (κ1) is 14.0. The summed E-state index contributed by atoms with van der Waals surface area (Å²) >= 11 is 1.53. The van der Waals surface area contributed by atoms with Gasteiger partial charge in [-0.25, -0.2) is 4.79 Å². The number of nitrogens with zero attached hydrogens (tertiary/aromatic N) is 3. The second kappa shape index (κ2) is 5.89. The molecule has 0 saturated carbocycles. The zero-order valence-electron chi connectivity index (χ0n) is 12.4. The first-order valence-electron chi connectivity index (χ1n) is 7.49. The van der Waals surface area contributed by atoms with E-state index < -0.39 is 0 Å². The van der Waals surface area contributed by atoms with Crippen LogP contribution in [0.25, 0.3) is 0 Å². The smallest absolute Gasteiger partial charge is 0.323 e. The van der Waals surface area contributed by atoms with Crippen molar-refractivity contribution in [1.82, 2.24) is 14.5 Å². The first-order chi connectivity index (χ1) is 11.3. The molecule has 0 fully saturated rings. The van der Waals surface area contributed by atoms with E-state index in [1.54, 1.807) is 12.4 Å². The molecule has 4 rings (SSSR count). The number of carbonyl (C=O) groups excluding carboxylic acids is 1. The van der Waals surface area contributed by atoms with Crippen molar-refractivity contribution in [2.24, 2.45) is 0 Å². The molecule has 5 nitrogen and oxygen atoms in total. The molecule has 0 aromatic carbocycles. The van der Waals surface area contributed by atoms with Crippen molar-refractivity contribution >= 4 is 22.4 Å². The summed E-state index contributed by atoms with van der Waals surface area (Å²) in [7, 11) is 0. The lowest BCUT2D eigenvalue weighted by Gasteiger charge is -2.37. The largest absolute Gasteiger partial charge is 0.348 e. The predicted molar refractivity (Wildman–Crippen MR) is 90.6 cm³/mol. The van der Waals surface area contributed by atoms with Crippen LogP contribution in [0.15, 0.2) is 60.4 Å². The molecule has 0 radical (unpaired) electrons. The van der Waals surface area contributed by atoms with Crippen LogP contribution in [-0.2, 0) is 6.54 Å². The SMILES string of the molecule is O=C(Nc1cccs1)N1CCn2cccc2[C@@H]1c1ccncc1. The number of carbonyl (C=O) groups is 1. The maximum Gasteiger partial charge on any atom is 0.323 e. The van der Waals surface area contributed by atoms with E-state index in [0.717, 1.165) is 22.8 Å². The summed E-state index contributed by atoms with van der Waals surface area (Å²) < 4.78 is 2.21. The van der Waals surface area contributed by atoms with Crippen LogP contribution < -0.4 is 5.32 Å². The predicted octanol–water partition coefficient (Wildman–Crippen LogP) is 3.58. The number of thiophene rings is 1. The van der Waals surface area contributed by atoms with Crippen LogP contribution in [0.2, 0.25) is 0 Å². The normalized spacial score (nSPS) is 16.9. The van der Waals surface area contributed by atoms with Crippen LogP contribution in [0.4, 0.5) is 9.80 Å². The molecular formula is C17H16N4OS. The van der Waals surface area contributed by atoms with E-state index in [4.69, 9.17) is 0 Å². The molecule has 0 saturated heterocycles. The van der Waals surface area contributed by atoms with E-state index >= 15 is 0 Å². The van der Waals surface area contributed by atoms with E-state index in [-0.39, 0.29) is 12.1 Å². The number of nitrogens with one attached hydrogen (secondary N) is 1. The fourth-order valence-electron chi connectivity index (χ4n) is 3.03. The number of fused-ring (bicyclic) bond motifs is 1. The van der Waals surface area contributed by atoms with Gasteiger partial charge in [0.15, 0.2) is 0 Å². The Kier molecular flexibility index (Phi) is 3.59. The minimum absolute atomic E-state index is 0.0679. The van der Waals surface area contributed by atoms with E-state index in [1.165, 1.54) is 11.3 Å². The van der Waals surface area contributed by atoms with Crippen molar-refractivity contribution in [1.29, 1.82) is 0 Å². The van der Waals surface area contributed by atoms with Crippen LogP contribution in [0.5, 0.6) is 0 Å². The molecule has 3 aromatic rings. The molecule has 4 heterocycles. The second-order valence-corrected chi connectivity index (χ2v) is 6.36. The Morgan fingerprint density at radius 1 is 1.17 bits per heavy atom. The van der Waals surface area contributed by atoms with Gasteiger partial charge in [-0.15, -0.1) is 11.3 Å². The van der Waals surface area contributed by atoms with Gasteiger partial charge >= 0.3 is 6.03 Å². The Morgan fingerprint density at radius 2 is 2.04 bits per heavy atom. The van der Waals surface area contributed by atoms with Crippen molar-refractivity contribution in [3.63, 3.8) is 0 Å². The molecule has 1 atom stereocenters. The Hall–Kier alpha value is -2.60. The molecule has 0 unspecified atom stereocenters. The number of hydrogen-bond donors (Lipinski definition) is 1. The van der Waals surface area contributed by atoms with E-state index in [1.807, 2.05) is 40.6 Å². The van der Waals surface area contributed by atoms with E-state index in [2.05, 4.69) is 27.1 Å². The van der Waals surface area contributed by atoms with Crippen molar-refractivity contribution < 1.29 is 4.79 Å². The Balaban J connectivity index is 1.69. The highest BCUT2D eigenvalue weighted by molar-refractivity contribution is 7.14. The summed E-state index contributed by atoms with van der Waals surface area (Å²) in [5, 5.41) is 5.82. The van der Waals surface area contributed by atoms with Crippen molar-refractivity contribution in [3.05, 3.63) is 71.6 Å². The molecule has 0 aliphatic carbocycles. The third-order valence-electron chi connectivity index (χ3n) is 4.07. The Bertz CT molecular complexity index is 797. The van der Waals surface area contributed by atoms with Crippen LogP contribution in [-0.4, -0.2) is 27.0 Å². The molecule has 0 bridgehead atoms. The van der Waals surface area contributed by atoms with Gasteiger partial charge < -0.3 is 9.47 Å². The summed E-state index contributed by atoms with van der Waals surface area (Å²) in [6.07, 6.45) is 5.61. The highest BCUT2D eigenvalue weighted by Crippen LogP contribution is 2.32. The van der Waals surface area contributed by atoms with Gasteiger partial charge in [0.2, 0.25) is 0 Å². The summed E-state index contributed by atoms with van der Waals surface area (Å²) in [6, 6.07) is 11.7. The topological polar surface area (TPSA) is 50.2 Å². The van der Waals surface area contributed by atoms with Crippen LogP contribution in [0.3, 0.4) is 0 Å². The molecule has 23 heavy (non-hydrogen) atoms. The maximum atomic E-state index is 12.8. The van der Waals surface area contributed by atoms with Gasteiger partial charge in [0, 0.05) is 37.4 Å². The number of pyridine rings is 1. The number of aromatic nitrogens is 2. The minimum Gasteiger partial charge on any atom is -0.348 e. The fourth-order valence-corrected chi connectivity index (χ4v) is 3.63. The van der Waals surface area contributed by atoms with Crippen LogP contribution in [0.1, 0.15) is 17.3 Å². The number of rotatable bonds is 2. The molecule has 0 spiro atoms. The minimum atomic E-state index is -0.0956. The molecule has 116 valence electrons. The van der Waals surface area contributed by atoms with Gasteiger partial charge in [0.05, 0.1) is 11.0 Å². The van der Waals surface area contributed by atoms with Gasteiger partial charge in [-0.2, -0.15) is 0 Å². The monoisotopic (exact) mass is 324 g/mol. The third-order valence-corrected chi connectivity index (χ3v) is 4.86. The standard InChI is InChI=1S/C17H16N4OS/c22-17(19-15-4-2-12-23-15)21-11-10-20-9-1-3-14(20)16(21)13-5-7-18-8-6-13/h1-9,12,16H,10-11H2,(H,19,22)/t16-/m0/s1. The first-order valence-corrected chi connectivity index (χ1v) is 8.37. The molecule has 1 aliphatic rings. The summed E-state index contributed by atoms with van der Waals surface area (Å²) in [6.45, 7) is 1.48. The highest BCUT2D eigenvalue weighted by Gasteiger charge is 2.32. The zero-order valence-corrected chi connectivity index (χ0v) is 13.2. The van der Waals surface area contributed by atoms with E-state index in [0.29, 0.717) is 6.54 Å². The number of hydrogen-bond acceptors (Lipinski definition) is 3. The van der Waals surface area contributed by atoms with Crippen LogP contribution in [0, 0.1) is 0 Å². The molecule has 3 aromatic heterocycles. The summed E-state index contributed by atoms with van der Waals surface area (Å²) in [5.41, 5.74) is 2.20. The molecule has 6 heteroatoms. The number of anilines is 1. The van der Waals surface area contributed by atoms with Crippen molar-refractivity contribution in [2.75, 3.05) is 11.9 Å². The lowest BCUT2D eigenvalue weighted by Crippen LogP contribution is -2.44. The highest BCUT2D eigenvalue weighted by atomic mass is 32.1. The molecule has 1 aliphatic heterocycles. The summed E-state index contributed by atoms with van der Waals surface area (Å²) in [4.78, 5) is 18.8. The fraction of sp³-hybridized carbons (Fsp3) is 0.176. The quantitative estimate of drug-likeness (QED) is 0.783. The number of amides is 2. The Labute approximate surface area is 138 Å². The van der Waals surface area contributed by atoms with Gasteiger partial charge in [0.25, 0.3) is 0 Å². The third kappa shape index (κ3) is 2.61. The molecule has 2 amide bonds. The summed E-state index contributed by atoms with van der Waals surface area (Å²) in [5.74, 6) is 0. The van der Waals surface area contributed by atoms with Gasteiger partial charge in [-0.1, -0.05) is 0 Å². The van der Waals surface area contributed by atoms with Crippen molar-refractivity contribution in [3.8, 4) is 0 Å². The Morgan fingerprint density at radius 3 is 2.83 bits per heavy atom. The maximum absolute atomic E-state index is 12.8. The van der Waals surface area contributed by atoms with Gasteiger partial charge in [-0.3, -0.25) is 10.3 Å². The lowest BCUT2D eigenvalue weighted by molar-refractivity contribution is 0.182. The number of urea groups is 1. The van der Waals surface area contributed by atoms with Crippen molar-refractivity contribution in [2.45, 2.75) is 12.6 Å². The molecular weight excluding hydrogens is 308 g/mol. The van der Waals surface area contributed by atoms with E-state index in [9.17, 15) is 4.79 Å². The average molecular weight is 324 g/mol. The van der Waals surface area contributed by atoms with Gasteiger partial charge in [-0.05, 0) is 47.3 Å². The lowest BCUT2D eigenvalue weighted by atomic mass is 10.0. The second-order valence-electron chi connectivity index (χ2n) is 5.41. The average Bonchev–Trinajstić information content (AvgIpc) is 3.25. The molecule has 1 N–H and O–H groups in total. The van der Waals surface area contributed by atoms with Gasteiger partial charge in [0.1, 0.15) is 0 Å². The zero-order chi connectivity index (χ0) is 15.6.